The molecule has 1 N–H and O–H groups in total. The number of rotatable bonds is 3. The SMILES string of the molecule is Cc1c(Cl)nnc(NCCC(F)(F)F)c1C. The Balaban J connectivity index is 2.65. The van der Waals surface area contributed by atoms with Crippen molar-refractivity contribution in [2.24, 2.45) is 0 Å². The number of anilines is 1. The quantitative estimate of drug-likeness (QED) is 0.899. The molecule has 16 heavy (non-hydrogen) atoms. The lowest BCUT2D eigenvalue weighted by Gasteiger charge is -2.11. The van der Waals surface area contributed by atoms with Gasteiger partial charge >= 0.3 is 6.18 Å². The van der Waals surface area contributed by atoms with Gasteiger partial charge in [0.1, 0.15) is 0 Å². The summed E-state index contributed by atoms with van der Waals surface area (Å²) in [7, 11) is 0. The van der Waals surface area contributed by atoms with Gasteiger partial charge < -0.3 is 5.32 Å². The van der Waals surface area contributed by atoms with Crippen LogP contribution in [0.2, 0.25) is 5.15 Å². The van der Waals surface area contributed by atoms with E-state index in [1.165, 1.54) is 0 Å². The Hall–Kier alpha value is -1.04. The minimum Gasteiger partial charge on any atom is -0.368 e. The van der Waals surface area contributed by atoms with Crippen molar-refractivity contribution in [2.45, 2.75) is 26.4 Å². The molecule has 1 heterocycles. The van der Waals surface area contributed by atoms with Gasteiger partial charge in [-0.2, -0.15) is 13.2 Å². The van der Waals surface area contributed by atoms with Crippen LogP contribution in [0, 0.1) is 13.8 Å². The predicted octanol–water partition coefficient (Wildman–Crippen LogP) is 3.11. The molecule has 0 aliphatic rings. The Labute approximate surface area is 96.0 Å². The van der Waals surface area contributed by atoms with Gasteiger partial charge in [0.15, 0.2) is 11.0 Å². The second-order valence-electron chi connectivity index (χ2n) is 3.38. The summed E-state index contributed by atoms with van der Waals surface area (Å²) in [6.45, 7) is 3.24. The second-order valence-corrected chi connectivity index (χ2v) is 3.74. The molecule has 7 heteroatoms. The van der Waals surface area contributed by atoms with Crippen molar-refractivity contribution in [3.05, 3.63) is 16.3 Å². The van der Waals surface area contributed by atoms with Crippen LogP contribution in [0.25, 0.3) is 0 Å². The Morgan fingerprint density at radius 3 is 2.38 bits per heavy atom. The average Bonchev–Trinajstić information content (AvgIpc) is 2.16. The molecule has 0 saturated carbocycles. The Kier molecular flexibility index (Phi) is 3.96. The third-order valence-electron chi connectivity index (χ3n) is 2.17. The molecule has 1 rings (SSSR count). The number of nitrogens with one attached hydrogen (secondary N) is 1. The molecule has 0 atom stereocenters. The Bertz CT molecular complexity index is 379. The van der Waals surface area contributed by atoms with Crippen molar-refractivity contribution in [1.82, 2.24) is 10.2 Å². The van der Waals surface area contributed by atoms with Crippen LogP contribution < -0.4 is 5.32 Å². The van der Waals surface area contributed by atoms with E-state index in [2.05, 4.69) is 15.5 Å². The third-order valence-corrected chi connectivity index (χ3v) is 2.52. The molecular weight excluding hydrogens is 243 g/mol. The zero-order valence-electron chi connectivity index (χ0n) is 8.82. The van der Waals surface area contributed by atoms with Crippen LogP contribution in [0.15, 0.2) is 0 Å². The van der Waals surface area contributed by atoms with Gasteiger partial charge in [-0.15, -0.1) is 10.2 Å². The van der Waals surface area contributed by atoms with Crippen LogP contribution in [0.1, 0.15) is 17.5 Å². The van der Waals surface area contributed by atoms with Crippen molar-refractivity contribution in [3.8, 4) is 0 Å². The van der Waals surface area contributed by atoms with Gasteiger partial charge in [-0.1, -0.05) is 11.6 Å². The van der Waals surface area contributed by atoms with Crippen LogP contribution in [0.3, 0.4) is 0 Å². The molecule has 0 radical (unpaired) electrons. The van der Waals surface area contributed by atoms with Crippen molar-refractivity contribution in [2.75, 3.05) is 11.9 Å². The Morgan fingerprint density at radius 1 is 1.19 bits per heavy atom. The first-order valence-corrected chi connectivity index (χ1v) is 4.99. The summed E-state index contributed by atoms with van der Waals surface area (Å²) in [5.74, 6) is 0.339. The molecule has 90 valence electrons. The molecule has 3 nitrogen and oxygen atoms in total. The Morgan fingerprint density at radius 2 is 1.81 bits per heavy atom. The molecule has 0 aliphatic heterocycles. The minimum absolute atomic E-state index is 0.222. The number of alkyl halides is 3. The van der Waals surface area contributed by atoms with E-state index in [0.717, 1.165) is 0 Å². The fraction of sp³-hybridized carbons (Fsp3) is 0.556. The highest BCUT2D eigenvalue weighted by Crippen LogP contribution is 2.22. The summed E-state index contributed by atoms with van der Waals surface area (Å²) < 4.78 is 35.7. The van der Waals surface area contributed by atoms with Gasteiger partial charge in [0.25, 0.3) is 0 Å². The lowest BCUT2D eigenvalue weighted by Crippen LogP contribution is -2.16. The van der Waals surface area contributed by atoms with Gasteiger partial charge in [-0.05, 0) is 25.0 Å². The highest BCUT2D eigenvalue weighted by atomic mass is 35.5. The molecule has 0 aromatic carbocycles. The topological polar surface area (TPSA) is 37.8 Å². The van der Waals surface area contributed by atoms with Crippen LogP contribution in [-0.2, 0) is 0 Å². The second kappa shape index (κ2) is 4.86. The van der Waals surface area contributed by atoms with E-state index >= 15 is 0 Å². The molecule has 0 saturated heterocycles. The van der Waals surface area contributed by atoms with E-state index < -0.39 is 12.6 Å². The van der Waals surface area contributed by atoms with Crippen molar-refractivity contribution in [1.29, 1.82) is 0 Å². The van der Waals surface area contributed by atoms with E-state index in [0.29, 0.717) is 16.9 Å². The van der Waals surface area contributed by atoms with Gasteiger partial charge in [0, 0.05) is 6.54 Å². The fourth-order valence-corrected chi connectivity index (χ4v) is 1.25. The van der Waals surface area contributed by atoms with Crippen molar-refractivity contribution < 1.29 is 13.2 Å². The first-order chi connectivity index (χ1) is 7.31. The highest BCUT2D eigenvalue weighted by molar-refractivity contribution is 6.30. The molecule has 1 aromatic rings. The van der Waals surface area contributed by atoms with Gasteiger partial charge in [0.05, 0.1) is 6.42 Å². The number of aromatic nitrogens is 2. The summed E-state index contributed by atoms with van der Waals surface area (Å²) in [4.78, 5) is 0. The van der Waals surface area contributed by atoms with Gasteiger partial charge in [0.2, 0.25) is 0 Å². The normalized spacial score (nSPS) is 11.6. The number of halogens is 4. The molecular formula is C9H11ClF3N3. The van der Waals surface area contributed by atoms with Gasteiger partial charge in [-0.3, -0.25) is 0 Å². The monoisotopic (exact) mass is 253 g/mol. The smallest absolute Gasteiger partial charge is 0.368 e. The molecule has 0 amide bonds. The maximum Gasteiger partial charge on any atom is 0.390 e. The first-order valence-electron chi connectivity index (χ1n) is 4.61. The van der Waals surface area contributed by atoms with Crippen LogP contribution in [0.4, 0.5) is 19.0 Å². The van der Waals surface area contributed by atoms with E-state index in [-0.39, 0.29) is 11.7 Å². The van der Waals surface area contributed by atoms with E-state index in [1.54, 1.807) is 13.8 Å². The van der Waals surface area contributed by atoms with Crippen molar-refractivity contribution in [3.63, 3.8) is 0 Å². The van der Waals surface area contributed by atoms with Crippen molar-refractivity contribution >= 4 is 17.4 Å². The van der Waals surface area contributed by atoms with Crippen LogP contribution in [0.5, 0.6) is 0 Å². The van der Waals surface area contributed by atoms with E-state index in [4.69, 9.17) is 11.6 Å². The summed E-state index contributed by atoms with van der Waals surface area (Å²) >= 11 is 5.71. The lowest BCUT2D eigenvalue weighted by molar-refractivity contribution is -0.131. The minimum atomic E-state index is -4.17. The predicted molar refractivity (Wildman–Crippen MR) is 55.7 cm³/mol. The third kappa shape index (κ3) is 3.52. The highest BCUT2D eigenvalue weighted by Gasteiger charge is 2.26. The van der Waals surface area contributed by atoms with Crippen LogP contribution in [-0.4, -0.2) is 22.9 Å². The largest absolute Gasteiger partial charge is 0.390 e. The lowest BCUT2D eigenvalue weighted by atomic mass is 10.2. The molecule has 0 aliphatic carbocycles. The molecule has 0 fully saturated rings. The number of hydrogen-bond donors (Lipinski definition) is 1. The van der Waals surface area contributed by atoms with E-state index in [1.807, 2.05) is 0 Å². The zero-order valence-corrected chi connectivity index (χ0v) is 9.58. The molecule has 0 spiro atoms. The van der Waals surface area contributed by atoms with E-state index in [9.17, 15) is 13.2 Å². The maximum atomic E-state index is 11.9. The maximum absolute atomic E-state index is 11.9. The zero-order chi connectivity index (χ0) is 12.3. The number of nitrogens with zero attached hydrogens (tertiary/aromatic N) is 2. The van der Waals surface area contributed by atoms with Crippen LogP contribution >= 0.6 is 11.6 Å². The fourth-order valence-electron chi connectivity index (χ4n) is 1.07. The summed E-state index contributed by atoms with van der Waals surface area (Å²) in [5.41, 5.74) is 1.42. The molecule has 0 bridgehead atoms. The average molecular weight is 254 g/mol. The summed E-state index contributed by atoms with van der Waals surface area (Å²) in [6.07, 6.45) is -5.08. The standard InChI is InChI=1S/C9H11ClF3N3/c1-5-6(2)8(16-15-7(5)10)14-4-3-9(11,12)13/h3-4H2,1-2H3,(H,14,16). The molecule has 0 unspecified atom stereocenters. The van der Waals surface area contributed by atoms with Gasteiger partial charge in [-0.25, -0.2) is 0 Å². The first kappa shape index (κ1) is 13.0. The summed E-state index contributed by atoms with van der Waals surface area (Å²) in [6, 6.07) is 0. The number of hydrogen-bond acceptors (Lipinski definition) is 3. The summed E-state index contributed by atoms with van der Waals surface area (Å²) in [5, 5.41) is 10.2. The molecule has 1 aromatic heterocycles.